The largest absolute Gasteiger partial charge is 0.327 e. The fraction of sp³-hybridized carbons (Fsp3) is 0.611. The summed E-state index contributed by atoms with van der Waals surface area (Å²) in [7, 11) is -3.54. The number of anilines is 1. The molecule has 2 rings (SSSR count). The van der Waals surface area contributed by atoms with Crippen molar-refractivity contribution in [1.82, 2.24) is 4.31 Å². The van der Waals surface area contributed by atoms with Gasteiger partial charge in [-0.05, 0) is 43.9 Å². The van der Waals surface area contributed by atoms with E-state index in [1.165, 1.54) is 28.5 Å². The van der Waals surface area contributed by atoms with Gasteiger partial charge in [0, 0.05) is 18.8 Å². The lowest BCUT2D eigenvalue weighted by molar-refractivity contribution is -0.896. The summed E-state index contributed by atoms with van der Waals surface area (Å²) in [5.74, 6) is -0.0630. The summed E-state index contributed by atoms with van der Waals surface area (Å²) in [5.41, 5.74) is 1.23. The van der Waals surface area contributed by atoms with E-state index in [0.29, 0.717) is 30.9 Å². The van der Waals surface area contributed by atoms with Gasteiger partial charge in [0.25, 0.3) is 5.91 Å². The van der Waals surface area contributed by atoms with Crippen molar-refractivity contribution in [2.75, 3.05) is 38.0 Å². The summed E-state index contributed by atoms with van der Waals surface area (Å²) in [6, 6.07) is 5.09. The summed E-state index contributed by atoms with van der Waals surface area (Å²) in [5, 5.41) is 2.86. The number of carbonyl (C=O) groups is 1. The normalized spacial score (nSPS) is 16.2. The number of quaternary nitrogens is 1. The second-order valence-corrected chi connectivity index (χ2v) is 8.51. The predicted octanol–water partition coefficient (Wildman–Crippen LogP) is 1.03. The third-order valence-electron chi connectivity index (χ3n) is 4.77. The number of rotatable bonds is 7. The molecule has 1 aliphatic rings. The first-order valence-corrected chi connectivity index (χ1v) is 10.6. The molecule has 1 heterocycles. The highest BCUT2D eigenvalue weighted by Gasteiger charge is 2.24. The van der Waals surface area contributed by atoms with Gasteiger partial charge in [0.15, 0.2) is 6.54 Å². The molecule has 1 fully saturated rings. The summed E-state index contributed by atoms with van der Waals surface area (Å²) in [4.78, 5) is 13.8. The zero-order valence-electron chi connectivity index (χ0n) is 15.5. The zero-order valence-corrected chi connectivity index (χ0v) is 16.3. The van der Waals surface area contributed by atoms with Gasteiger partial charge in [0.2, 0.25) is 10.0 Å². The molecule has 0 atom stereocenters. The van der Waals surface area contributed by atoms with Crippen molar-refractivity contribution < 1.29 is 18.1 Å². The van der Waals surface area contributed by atoms with Crippen molar-refractivity contribution in [2.45, 2.75) is 44.9 Å². The average Bonchev–Trinajstić information content (AvgIpc) is 2.58. The van der Waals surface area contributed by atoms with Gasteiger partial charge < -0.3 is 10.2 Å². The van der Waals surface area contributed by atoms with Crippen LogP contribution in [0, 0.1) is 6.92 Å². The number of benzene rings is 1. The number of hydrogen-bond acceptors (Lipinski definition) is 3. The highest BCUT2D eigenvalue weighted by atomic mass is 32.2. The fourth-order valence-corrected chi connectivity index (χ4v) is 5.03. The molecule has 0 aliphatic carbocycles. The maximum atomic E-state index is 12.8. The minimum atomic E-state index is -3.54. The van der Waals surface area contributed by atoms with E-state index in [0.717, 1.165) is 13.1 Å². The second kappa shape index (κ2) is 8.78. The Kier molecular flexibility index (Phi) is 6.98. The van der Waals surface area contributed by atoms with Crippen molar-refractivity contribution in [3.8, 4) is 0 Å². The maximum absolute atomic E-state index is 12.8. The van der Waals surface area contributed by atoms with E-state index in [-0.39, 0.29) is 10.8 Å². The van der Waals surface area contributed by atoms with Crippen LogP contribution in [-0.2, 0) is 14.8 Å². The monoisotopic (exact) mass is 368 g/mol. The number of carbonyl (C=O) groups excluding carboxylic acids is 1. The van der Waals surface area contributed by atoms with Gasteiger partial charge in [0.1, 0.15) is 0 Å². The molecule has 0 aromatic heterocycles. The van der Waals surface area contributed by atoms with Crippen LogP contribution >= 0.6 is 0 Å². The van der Waals surface area contributed by atoms with Gasteiger partial charge in [-0.1, -0.05) is 19.9 Å². The predicted molar refractivity (Wildman–Crippen MR) is 99.3 cm³/mol. The van der Waals surface area contributed by atoms with Gasteiger partial charge in [-0.3, -0.25) is 4.79 Å². The second-order valence-electron chi connectivity index (χ2n) is 6.61. The molecule has 0 radical (unpaired) electrons. The third-order valence-corrected chi connectivity index (χ3v) is 6.96. The van der Waals surface area contributed by atoms with Crippen LogP contribution in [0.5, 0.6) is 0 Å². The summed E-state index contributed by atoms with van der Waals surface area (Å²) in [6.45, 7) is 8.77. The molecule has 2 N–H and O–H groups in total. The Morgan fingerprint density at radius 3 is 2.40 bits per heavy atom. The van der Waals surface area contributed by atoms with Crippen LogP contribution in [0.4, 0.5) is 5.69 Å². The zero-order chi connectivity index (χ0) is 18.4. The van der Waals surface area contributed by atoms with Crippen molar-refractivity contribution in [3.05, 3.63) is 23.8 Å². The Hall–Kier alpha value is -1.44. The van der Waals surface area contributed by atoms with Crippen molar-refractivity contribution >= 4 is 21.6 Å². The molecular formula is C18H30N3O3S+. The molecule has 25 heavy (non-hydrogen) atoms. The van der Waals surface area contributed by atoms with Crippen LogP contribution in [0.2, 0.25) is 0 Å². The number of amides is 1. The van der Waals surface area contributed by atoms with Crippen LogP contribution in [0.25, 0.3) is 0 Å². The van der Waals surface area contributed by atoms with E-state index in [1.807, 2.05) is 13.8 Å². The molecule has 7 heteroatoms. The number of aryl methyl sites for hydroxylation is 1. The Labute approximate surface area is 151 Å². The molecule has 0 unspecified atom stereocenters. The lowest BCUT2D eigenvalue weighted by Crippen LogP contribution is -3.13. The Bertz CT molecular complexity index is 694. The number of hydrogen-bond donors (Lipinski definition) is 2. The van der Waals surface area contributed by atoms with Gasteiger partial charge in [-0.2, -0.15) is 4.31 Å². The molecule has 140 valence electrons. The van der Waals surface area contributed by atoms with E-state index in [9.17, 15) is 13.2 Å². The summed E-state index contributed by atoms with van der Waals surface area (Å²) < 4.78 is 27.0. The van der Waals surface area contributed by atoms with E-state index >= 15 is 0 Å². The number of nitrogens with zero attached hydrogens (tertiary/aromatic N) is 1. The van der Waals surface area contributed by atoms with Crippen molar-refractivity contribution in [3.63, 3.8) is 0 Å². The highest BCUT2D eigenvalue weighted by molar-refractivity contribution is 7.89. The minimum Gasteiger partial charge on any atom is -0.327 e. The number of piperidine rings is 1. The topological polar surface area (TPSA) is 70.9 Å². The Balaban J connectivity index is 2.14. The fourth-order valence-electron chi connectivity index (χ4n) is 3.32. The molecule has 0 bridgehead atoms. The van der Waals surface area contributed by atoms with E-state index in [4.69, 9.17) is 0 Å². The van der Waals surface area contributed by atoms with Crippen molar-refractivity contribution in [1.29, 1.82) is 0 Å². The van der Waals surface area contributed by atoms with Gasteiger partial charge in [0.05, 0.1) is 18.0 Å². The lowest BCUT2D eigenvalue weighted by atomic mass is 10.1. The van der Waals surface area contributed by atoms with Gasteiger partial charge >= 0.3 is 0 Å². The molecule has 1 aliphatic heterocycles. The molecule has 0 saturated carbocycles. The molecule has 1 aromatic rings. The van der Waals surface area contributed by atoms with Crippen LogP contribution in [-0.4, -0.2) is 51.4 Å². The number of sulfonamides is 1. The molecule has 1 saturated heterocycles. The highest BCUT2D eigenvalue weighted by Crippen LogP contribution is 2.23. The Morgan fingerprint density at radius 1 is 1.16 bits per heavy atom. The number of nitrogens with one attached hydrogen (secondary N) is 2. The smallest absolute Gasteiger partial charge is 0.279 e. The lowest BCUT2D eigenvalue weighted by Gasteiger charge is -2.23. The Morgan fingerprint density at radius 2 is 1.80 bits per heavy atom. The molecular weight excluding hydrogens is 338 g/mol. The molecule has 0 spiro atoms. The quantitative estimate of drug-likeness (QED) is 0.755. The van der Waals surface area contributed by atoms with Gasteiger partial charge in [-0.25, -0.2) is 8.42 Å². The molecule has 1 aromatic carbocycles. The minimum absolute atomic E-state index is 0.0630. The van der Waals surface area contributed by atoms with Crippen LogP contribution in [0.1, 0.15) is 38.7 Å². The van der Waals surface area contributed by atoms with Crippen LogP contribution in [0.15, 0.2) is 23.1 Å². The summed E-state index contributed by atoms with van der Waals surface area (Å²) in [6.07, 6.45) is 3.58. The first-order valence-electron chi connectivity index (χ1n) is 9.12. The first kappa shape index (κ1) is 19.9. The van der Waals surface area contributed by atoms with E-state index < -0.39 is 10.0 Å². The van der Waals surface area contributed by atoms with E-state index in [2.05, 4.69) is 5.32 Å². The van der Waals surface area contributed by atoms with Crippen molar-refractivity contribution in [2.24, 2.45) is 0 Å². The third kappa shape index (κ3) is 5.03. The SMILES string of the molecule is CCN(CC)S(=O)(=O)c1cc(NC(=O)C[NH+]2CCCCC2)ccc1C. The van der Waals surface area contributed by atoms with Crippen LogP contribution in [0.3, 0.4) is 0 Å². The molecule has 1 amide bonds. The standard InChI is InChI=1S/C18H29N3O3S/c1-4-21(5-2)25(23,24)17-13-16(10-9-15(17)3)19-18(22)14-20-11-7-6-8-12-20/h9-10,13H,4-8,11-12,14H2,1-3H3,(H,19,22)/p+1. The van der Waals surface area contributed by atoms with Gasteiger partial charge in [-0.15, -0.1) is 0 Å². The number of likely N-dealkylation sites (tertiary alicyclic amines) is 1. The van der Waals surface area contributed by atoms with Crippen LogP contribution < -0.4 is 10.2 Å². The maximum Gasteiger partial charge on any atom is 0.279 e. The summed E-state index contributed by atoms with van der Waals surface area (Å²) >= 11 is 0. The molecule has 6 nitrogen and oxygen atoms in total. The first-order chi connectivity index (χ1) is 11.9. The van der Waals surface area contributed by atoms with E-state index in [1.54, 1.807) is 25.1 Å². The average molecular weight is 369 g/mol.